The second-order valence-corrected chi connectivity index (χ2v) is 9.18. The molecule has 0 saturated heterocycles. The Morgan fingerprint density at radius 3 is 2.55 bits per heavy atom. The Hall–Kier alpha value is -3.40. The highest BCUT2D eigenvalue weighted by molar-refractivity contribution is 6.02. The summed E-state index contributed by atoms with van der Waals surface area (Å²) in [6.07, 6.45) is 1.61. The van der Waals surface area contributed by atoms with Crippen molar-refractivity contribution in [1.29, 1.82) is 0 Å². The van der Waals surface area contributed by atoms with Gasteiger partial charge in [0.1, 0.15) is 29.1 Å². The average molecular weight is 456 g/mol. The van der Waals surface area contributed by atoms with Gasteiger partial charge in [-0.25, -0.2) is 4.68 Å². The number of nitrogens with two attached hydrogens (primary N) is 2. The molecule has 10 heteroatoms. The maximum absolute atomic E-state index is 12.0. The molecule has 33 heavy (non-hydrogen) atoms. The minimum atomic E-state index is -0.919. The number of nitrogens with zero attached hydrogens (tertiary/aromatic N) is 4. The van der Waals surface area contributed by atoms with Gasteiger partial charge in [0.05, 0.1) is 5.69 Å². The number of carbonyl (C=O) groups is 1. The predicted molar refractivity (Wildman–Crippen MR) is 127 cm³/mol. The van der Waals surface area contributed by atoms with Crippen LogP contribution in [0.1, 0.15) is 81.6 Å². The fraction of sp³-hybridized carbons (Fsp3) is 0.478. The summed E-state index contributed by atoms with van der Waals surface area (Å²) in [6, 6.07) is 5.32. The maximum Gasteiger partial charge on any atom is 0.254 e. The van der Waals surface area contributed by atoms with Gasteiger partial charge in [-0.05, 0) is 31.9 Å². The van der Waals surface area contributed by atoms with Crippen LogP contribution in [0.5, 0.6) is 0 Å². The molecule has 0 aliphatic rings. The molecule has 178 valence electrons. The number of nitrogen functional groups attached to an aromatic ring is 1. The SMILES string of the molecule is CCC(C)(C)c1cc(NC(O)C(C)c2ccc(-c3nn(C(C)C)c(N)c3C(N)=O)nc2)no1. The van der Waals surface area contributed by atoms with Crippen LogP contribution in [-0.2, 0) is 5.41 Å². The number of amides is 1. The number of anilines is 2. The number of aliphatic hydroxyl groups excluding tert-OH is 1. The number of hydrogen-bond donors (Lipinski definition) is 4. The molecule has 2 unspecified atom stereocenters. The van der Waals surface area contributed by atoms with Crippen LogP contribution in [0.3, 0.4) is 0 Å². The zero-order valence-electron chi connectivity index (χ0n) is 20.0. The Balaban J connectivity index is 1.79. The summed E-state index contributed by atoms with van der Waals surface area (Å²) in [5.74, 6) is 0.468. The van der Waals surface area contributed by atoms with Gasteiger partial charge in [-0.3, -0.25) is 9.78 Å². The quantitative estimate of drug-likeness (QED) is 0.357. The van der Waals surface area contributed by atoms with Crippen LogP contribution in [0.25, 0.3) is 11.4 Å². The second kappa shape index (κ2) is 9.22. The lowest BCUT2D eigenvalue weighted by Gasteiger charge is -2.20. The third kappa shape index (κ3) is 4.85. The van der Waals surface area contributed by atoms with Crippen molar-refractivity contribution >= 4 is 17.5 Å². The summed E-state index contributed by atoms with van der Waals surface area (Å²) in [5, 5.41) is 22.1. The monoisotopic (exact) mass is 455 g/mol. The number of primary amides is 1. The van der Waals surface area contributed by atoms with E-state index in [1.165, 1.54) is 0 Å². The number of carbonyl (C=O) groups excluding carboxylic acids is 1. The summed E-state index contributed by atoms with van der Waals surface area (Å²) >= 11 is 0. The summed E-state index contributed by atoms with van der Waals surface area (Å²) < 4.78 is 6.99. The molecule has 3 aromatic heterocycles. The Morgan fingerprint density at radius 1 is 1.30 bits per heavy atom. The van der Waals surface area contributed by atoms with Gasteiger partial charge in [0, 0.05) is 29.6 Å². The first kappa shape index (κ1) is 24.2. The average Bonchev–Trinajstić information content (AvgIpc) is 3.38. The fourth-order valence-corrected chi connectivity index (χ4v) is 3.37. The molecule has 3 rings (SSSR count). The molecule has 3 heterocycles. The van der Waals surface area contributed by atoms with Gasteiger partial charge in [-0.2, -0.15) is 5.10 Å². The second-order valence-electron chi connectivity index (χ2n) is 9.18. The van der Waals surface area contributed by atoms with E-state index in [0.717, 1.165) is 17.7 Å². The highest BCUT2D eigenvalue weighted by Gasteiger charge is 2.26. The van der Waals surface area contributed by atoms with Crippen molar-refractivity contribution in [3.05, 3.63) is 41.3 Å². The topological polar surface area (TPSA) is 158 Å². The van der Waals surface area contributed by atoms with Crippen LogP contribution in [0, 0.1) is 0 Å². The summed E-state index contributed by atoms with van der Waals surface area (Å²) in [6.45, 7) is 11.9. The highest BCUT2D eigenvalue weighted by atomic mass is 16.5. The van der Waals surface area contributed by atoms with E-state index >= 15 is 0 Å². The van der Waals surface area contributed by atoms with E-state index in [4.69, 9.17) is 16.0 Å². The first-order valence-electron chi connectivity index (χ1n) is 11.0. The number of hydrogen-bond acceptors (Lipinski definition) is 8. The van der Waals surface area contributed by atoms with Crippen LogP contribution in [0.2, 0.25) is 0 Å². The zero-order valence-corrected chi connectivity index (χ0v) is 20.0. The first-order chi connectivity index (χ1) is 15.5. The lowest BCUT2D eigenvalue weighted by Crippen LogP contribution is -2.25. The lowest BCUT2D eigenvalue weighted by atomic mass is 9.87. The Kier molecular flexibility index (Phi) is 6.78. The molecule has 10 nitrogen and oxygen atoms in total. The maximum atomic E-state index is 12.0. The number of rotatable bonds is 9. The van der Waals surface area contributed by atoms with Gasteiger partial charge < -0.3 is 26.4 Å². The van der Waals surface area contributed by atoms with Crippen molar-refractivity contribution in [2.45, 2.75) is 71.6 Å². The standard InChI is InChI=1S/C23H33N7O3/c1-7-23(5,6)16-10-17(29-33-16)27-22(32)13(4)14-8-9-15(26-11-14)19-18(21(25)31)20(24)30(28-19)12(2)3/h8-13,22,32H,7,24H2,1-6H3,(H2,25,31)(H,27,29). The Bertz CT molecular complexity index is 1120. The first-order valence-corrected chi connectivity index (χ1v) is 11.0. The molecule has 6 N–H and O–H groups in total. The molecule has 0 aromatic carbocycles. The minimum Gasteiger partial charge on any atom is -0.383 e. The molecule has 0 radical (unpaired) electrons. The summed E-state index contributed by atoms with van der Waals surface area (Å²) in [7, 11) is 0. The molecular weight excluding hydrogens is 422 g/mol. The molecule has 1 amide bonds. The van der Waals surface area contributed by atoms with Crippen molar-refractivity contribution in [3.8, 4) is 11.4 Å². The van der Waals surface area contributed by atoms with E-state index < -0.39 is 12.1 Å². The number of nitrogens with one attached hydrogen (secondary N) is 1. The fourth-order valence-electron chi connectivity index (χ4n) is 3.37. The Labute approximate surface area is 193 Å². The van der Waals surface area contributed by atoms with Crippen molar-refractivity contribution in [3.63, 3.8) is 0 Å². The van der Waals surface area contributed by atoms with Crippen molar-refractivity contribution in [1.82, 2.24) is 19.9 Å². The largest absolute Gasteiger partial charge is 0.383 e. The van der Waals surface area contributed by atoms with Crippen molar-refractivity contribution in [2.24, 2.45) is 5.73 Å². The molecule has 0 aliphatic carbocycles. The number of aliphatic hydroxyl groups is 1. The van der Waals surface area contributed by atoms with E-state index in [9.17, 15) is 9.90 Å². The van der Waals surface area contributed by atoms with Gasteiger partial charge in [-0.15, -0.1) is 0 Å². The van der Waals surface area contributed by atoms with Crippen LogP contribution >= 0.6 is 0 Å². The number of aromatic nitrogens is 4. The molecule has 0 saturated carbocycles. The van der Waals surface area contributed by atoms with Crippen molar-refractivity contribution in [2.75, 3.05) is 11.1 Å². The smallest absolute Gasteiger partial charge is 0.254 e. The minimum absolute atomic E-state index is 0.0442. The van der Waals surface area contributed by atoms with Gasteiger partial charge >= 0.3 is 0 Å². The van der Waals surface area contributed by atoms with E-state index in [1.807, 2.05) is 32.9 Å². The van der Waals surface area contributed by atoms with Crippen LogP contribution < -0.4 is 16.8 Å². The normalized spacial score (nSPS) is 13.8. The highest BCUT2D eigenvalue weighted by Crippen LogP contribution is 2.31. The molecular formula is C23H33N7O3. The van der Waals surface area contributed by atoms with Crippen molar-refractivity contribution < 1.29 is 14.4 Å². The predicted octanol–water partition coefficient (Wildman–Crippen LogP) is 3.42. The van der Waals surface area contributed by atoms with E-state index in [-0.39, 0.29) is 28.8 Å². The zero-order chi connectivity index (χ0) is 24.5. The lowest BCUT2D eigenvalue weighted by molar-refractivity contribution is 0.100. The molecule has 0 aliphatic heterocycles. The van der Waals surface area contributed by atoms with Gasteiger partial charge in [0.25, 0.3) is 5.91 Å². The van der Waals surface area contributed by atoms with E-state index in [0.29, 0.717) is 17.2 Å². The van der Waals surface area contributed by atoms with Crippen LogP contribution in [-0.4, -0.2) is 37.2 Å². The van der Waals surface area contributed by atoms with Crippen LogP contribution in [0.15, 0.2) is 28.9 Å². The third-order valence-corrected chi connectivity index (χ3v) is 6.07. The van der Waals surface area contributed by atoms with Gasteiger partial charge in [0.2, 0.25) is 0 Å². The summed E-state index contributed by atoms with van der Waals surface area (Å²) in [5.41, 5.74) is 13.2. The molecule has 3 aromatic rings. The third-order valence-electron chi connectivity index (χ3n) is 6.07. The molecule has 0 fully saturated rings. The Morgan fingerprint density at radius 2 is 2.00 bits per heavy atom. The molecule has 0 bridgehead atoms. The van der Waals surface area contributed by atoms with Gasteiger partial charge in [-0.1, -0.05) is 38.9 Å². The molecule has 0 spiro atoms. The number of pyridine rings is 1. The van der Waals surface area contributed by atoms with E-state index in [1.54, 1.807) is 16.9 Å². The summed E-state index contributed by atoms with van der Waals surface area (Å²) in [4.78, 5) is 16.4. The molecule has 2 atom stereocenters. The van der Waals surface area contributed by atoms with Gasteiger partial charge in [0.15, 0.2) is 5.82 Å². The van der Waals surface area contributed by atoms with Crippen LogP contribution in [0.4, 0.5) is 11.6 Å². The van der Waals surface area contributed by atoms with E-state index in [2.05, 4.69) is 41.3 Å².